The summed E-state index contributed by atoms with van der Waals surface area (Å²) in [6.07, 6.45) is 0. The number of carbonyl (C=O) groups is 1. The van der Waals surface area contributed by atoms with E-state index in [4.69, 9.17) is 4.74 Å². The zero-order valence-corrected chi connectivity index (χ0v) is 18.7. The van der Waals surface area contributed by atoms with E-state index in [1.165, 1.54) is 46.1 Å². The Hall–Kier alpha value is -3.34. The molecule has 0 spiro atoms. The van der Waals surface area contributed by atoms with Crippen LogP contribution in [0.1, 0.15) is 26.6 Å². The number of fused-ring (bicyclic) bond motifs is 1. The van der Waals surface area contributed by atoms with Crippen LogP contribution >= 0.6 is 11.3 Å². The third-order valence-corrected chi connectivity index (χ3v) is 6.96. The van der Waals surface area contributed by atoms with Crippen LogP contribution in [0.3, 0.4) is 0 Å². The first-order valence-corrected chi connectivity index (χ1v) is 12.0. The van der Waals surface area contributed by atoms with Gasteiger partial charge in [0.05, 0.1) is 16.2 Å². The molecule has 10 heteroatoms. The summed E-state index contributed by atoms with van der Waals surface area (Å²) < 4.78 is 34.4. The van der Waals surface area contributed by atoms with Crippen molar-refractivity contribution in [2.45, 2.75) is 25.0 Å². The molecular formula is C22H19N3O5S2. The summed E-state index contributed by atoms with van der Waals surface area (Å²) in [6, 6.07) is 15.8. The van der Waals surface area contributed by atoms with Crippen molar-refractivity contribution < 1.29 is 17.9 Å². The van der Waals surface area contributed by atoms with E-state index in [-0.39, 0.29) is 29.2 Å². The molecule has 1 N–H and O–H groups in total. The first-order chi connectivity index (χ1) is 15.3. The third-order valence-electron chi connectivity index (χ3n) is 4.68. The Bertz CT molecular complexity index is 1440. The Balaban J connectivity index is 1.47. The molecule has 0 bridgehead atoms. The second-order valence-electron chi connectivity index (χ2n) is 6.95. The summed E-state index contributed by atoms with van der Waals surface area (Å²) >= 11 is 1.44. The number of rotatable bonds is 7. The molecule has 4 aromatic rings. The van der Waals surface area contributed by atoms with E-state index in [0.717, 1.165) is 10.6 Å². The van der Waals surface area contributed by atoms with Crippen molar-refractivity contribution in [3.05, 3.63) is 98.2 Å². The van der Waals surface area contributed by atoms with Gasteiger partial charge in [0, 0.05) is 23.2 Å². The fourth-order valence-corrected chi connectivity index (χ4v) is 4.90. The van der Waals surface area contributed by atoms with Crippen LogP contribution in [0.4, 0.5) is 0 Å². The number of ether oxygens (including phenoxy) is 1. The van der Waals surface area contributed by atoms with Gasteiger partial charge in [0.2, 0.25) is 10.0 Å². The van der Waals surface area contributed by atoms with E-state index in [1.807, 2.05) is 17.5 Å². The minimum atomic E-state index is -3.80. The highest BCUT2D eigenvalue weighted by atomic mass is 32.2. The maximum absolute atomic E-state index is 12.6. The van der Waals surface area contributed by atoms with Gasteiger partial charge in [-0.05, 0) is 48.7 Å². The van der Waals surface area contributed by atoms with E-state index < -0.39 is 16.0 Å². The highest BCUT2D eigenvalue weighted by Crippen LogP contribution is 2.15. The monoisotopic (exact) mass is 469 g/mol. The molecule has 0 aliphatic heterocycles. The molecule has 0 radical (unpaired) electrons. The summed E-state index contributed by atoms with van der Waals surface area (Å²) in [5.74, 6) is -0.716. The van der Waals surface area contributed by atoms with E-state index in [9.17, 15) is 18.0 Å². The highest BCUT2D eigenvalue weighted by molar-refractivity contribution is 7.89. The fraction of sp³-hybridized carbons (Fsp3) is 0.136. The average Bonchev–Trinajstić information content (AvgIpc) is 3.30. The summed E-state index contributed by atoms with van der Waals surface area (Å²) in [6.45, 7) is 1.75. The van der Waals surface area contributed by atoms with Crippen molar-refractivity contribution in [2.24, 2.45) is 0 Å². The minimum absolute atomic E-state index is 0.0407. The van der Waals surface area contributed by atoms with E-state index in [0.29, 0.717) is 11.3 Å². The Morgan fingerprint density at radius 3 is 2.72 bits per heavy atom. The zero-order chi connectivity index (χ0) is 22.7. The molecule has 32 heavy (non-hydrogen) atoms. The molecule has 8 nitrogen and oxygen atoms in total. The lowest BCUT2D eigenvalue weighted by atomic mass is 10.2. The maximum atomic E-state index is 12.6. The summed E-state index contributed by atoms with van der Waals surface area (Å²) in [5.41, 5.74) is 1.31. The smallest absolute Gasteiger partial charge is 0.338 e. The van der Waals surface area contributed by atoms with Crippen molar-refractivity contribution in [2.75, 3.05) is 0 Å². The number of carbonyl (C=O) groups excluding carboxylic acids is 1. The molecule has 0 unspecified atom stereocenters. The van der Waals surface area contributed by atoms with Crippen LogP contribution in [-0.4, -0.2) is 23.8 Å². The molecule has 0 amide bonds. The van der Waals surface area contributed by atoms with Crippen molar-refractivity contribution in [1.29, 1.82) is 0 Å². The molecule has 0 fully saturated rings. The van der Waals surface area contributed by atoms with Crippen LogP contribution in [0.5, 0.6) is 0 Å². The molecule has 0 aliphatic carbocycles. The van der Waals surface area contributed by atoms with Gasteiger partial charge in [-0.3, -0.25) is 9.20 Å². The molecule has 4 rings (SSSR count). The number of nitrogens with one attached hydrogen (secondary N) is 1. The molecular weight excluding hydrogens is 450 g/mol. The Kier molecular flexibility index (Phi) is 6.17. The first kappa shape index (κ1) is 21.9. The molecule has 3 aromatic heterocycles. The standard InChI is InChI=1S/C22H19N3O5S2/c1-15-5-2-9-20-24-17(12-21(26)25(15)20)14-30-22(27)16-6-3-8-19(11-16)32(28,29)23-13-18-7-4-10-31-18/h2-12,23H,13-14H2,1H3. The van der Waals surface area contributed by atoms with Gasteiger partial charge >= 0.3 is 5.97 Å². The molecule has 1 aromatic carbocycles. The minimum Gasteiger partial charge on any atom is -0.456 e. The van der Waals surface area contributed by atoms with Crippen LogP contribution in [0.2, 0.25) is 0 Å². The lowest BCUT2D eigenvalue weighted by Crippen LogP contribution is -2.23. The molecule has 0 atom stereocenters. The third kappa shape index (κ3) is 4.77. The van der Waals surface area contributed by atoms with E-state index in [1.54, 1.807) is 25.1 Å². The van der Waals surface area contributed by atoms with Crippen molar-refractivity contribution in [1.82, 2.24) is 14.1 Å². The molecule has 3 heterocycles. The summed E-state index contributed by atoms with van der Waals surface area (Å²) in [7, 11) is -3.80. The van der Waals surface area contributed by atoms with Crippen LogP contribution in [0, 0.1) is 6.92 Å². The van der Waals surface area contributed by atoms with Crippen LogP contribution in [0.15, 0.2) is 75.7 Å². The highest BCUT2D eigenvalue weighted by Gasteiger charge is 2.17. The van der Waals surface area contributed by atoms with Crippen LogP contribution in [-0.2, 0) is 27.9 Å². The molecule has 164 valence electrons. The Morgan fingerprint density at radius 1 is 1.12 bits per heavy atom. The lowest BCUT2D eigenvalue weighted by Gasteiger charge is -2.09. The van der Waals surface area contributed by atoms with Crippen LogP contribution < -0.4 is 10.3 Å². The number of aromatic nitrogens is 2. The van der Waals surface area contributed by atoms with E-state index in [2.05, 4.69) is 9.71 Å². The maximum Gasteiger partial charge on any atom is 0.338 e. The second-order valence-corrected chi connectivity index (χ2v) is 9.75. The molecule has 0 saturated carbocycles. The number of esters is 1. The number of pyridine rings is 1. The number of aryl methyl sites for hydroxylation is 1. The number of hydrogen-bond donors (Lipinski definition) is 1. The van der Waals surface area contributed by atoms with Gasteiger partial charge in [0.15, 0.2) is 0 Å². The molecule has 0 saturated heterocycles. The second kappa shape index (κ2) is 9.03. The van der Waals surface area contributed by atoms with Crippen LogP contribution in [0.25, 0.3) is 5.65 Å². The quantitative estimate of drug-likeness (QED) is 0.417. The summed E-state index contributed by atoms with van der Waals surface area (Å²) in [5, 5.41) is 1.86. The number of hydrogen-bond acceptors (Lipinski definition) is 7. The first-order valence-electron chi connectivity index (χ1n) is 9.61. The largest absolute Gasteiger partial charge is 0.456 e. The van der Waals surface area contributed by atoms with Gasteiger partial charge in [-0.2, -0.15) is 0 Å². The van der Waals surface area contributed by atoms with Crippen molar-refractivity contribution >= 4 is 33.0 Å². The average molecular weight is 470 g/mol. The fourth-order valence-electron chi connectivity index (χ4n) is 3.11. The van der Waals surface area contributed by atoms with Crippen molar-refractivity contribution in [3.8, 4) is 0 Å². The number of thiophene rings is 1. The Labute approximate surface area is 188 Å². The van der Waals surface area contributed by atoms with Gasteiger partial charge in [0.25, 0.3) is 5.56 Å². The SMILES string of the molecule is Cc1cccc2nc(COC(=O)c3cccc(S(=O)(=O)NCc4cccs4)c3)cc(=O)n12. The predicted octanol–water partition coefficient (Wildman–Crippen LogP) is 2.90. The van der Waals surface area contributed by atoms with Crippen molar-refractivity contribution in [3.63, 3.8) is 0 Å². The number of sulfonamides is 1. The predicted molar refractivity (Wildman–Crippen MR) is 120 cm³/mol. The lowest BCUT2D eigenvalue weighted by molar-refractivity contribution is 0.0467. The Morgan fingerprint density at radius 2 is 1.94 bits per heavy atom. The van der Waals surface area contributed by atoms with Gasteiger partial charge in [0.1, 0.15) is 12.3 Å². The normalized spacial score (nSPS) is 11.5. The van der Waals surface area contributed by atoms with Gasteiger partial charge < -0.3 is 4.74 Å². The summed E-state index contributed by atoms with van der Waals surface area (Å²) in [4.78, 5) is 30.0. The number of benzene rings is 1. The number of nitrogens with zero attached hydrogens (tertiary/aromatic N) is 2. The van der Waals surface area contributed by atoms with Gasteiger partial charge in [-0.1, -0.05) is 18.2 Å². The van der Waals surface area contributed by atoms with E-state index >= 15 is 0 Å². The zero-order valence-electron chi connectivity index (χ0n) is 17.0. The topological polar surface area (TPSA) is 107 Å². The molecule has 0 aliphatic rings. The van der Waals surface area contributed by atoms with Gasteiger partial charge in [-0.15, -0.1) is 11.3 Å². The van der Waals surface area contributed by atoms with Gasteiger partial charge in [-0.25, -0.2) is 22.9 Å².